The smallest absolute Gasteiger partial charge is 0.389 e. The Labute approximate surface area is 229 Å². The predicted octanol–water partition coefficient (Wildman–Crippen LogP) is 4.22. The van der Waals surface area contributed by atoms with Crippen LogP contribution in [0.15, 0.2) is 17.3 Å². The number of alkyl halides is 5. The van der Waals surface area contributed by atoms with E-state index in [0.717, 1.165) is 25.6 Å². The van der Waals surface area contributed by atoms with Crippen LogP contribution < -0.4 is 10.6 Å². The summed E-state index contributed by atoms with van der Waals surface area (Å²) >= 11 is 5.45. The van der Waals surface area contributed by atoms with Crippen LogP contribution in [-0.2, 0) is 9.59 Å². The molecule has 3 N–H and O–H groups in total. The number of piperidine rings is 1. The normalized spacial score (nSPS) is 18.5. The van der Waals surface area contributed by atoms with E-state index in [4.69, 9.17) is 12.2 Å². The summed E-state index contributed by atoms with van der Waals surface area (Å²) in [6.45, 7) is 7.19. The maximum absolute atomic E-state index is 14.1. The number of aromatic nitrogens is 1. The molecule has 1 aliphatic rings. The van der Waals surface area contributed by atoms with Crippen molar-refractivity contribution >= 4 is 40.4 Å². The van der Waals surface area contributed by atoms with Gasteiger partial charge in [-0.05, 0) is 59.9 Å². The minimum Gasteiger partial charge on any atom is -0.389 e. The number of hydrogen-bond acceptors (Lipinski definition) is 7. The molecule has 39 heavy (non-hydrogen) atoms. The third-order valence-corrected chi connectivity index (χ3v) is 6.64. The van der Waals surface area contributed by atoms with Crippen molar-refractivity contribution in [3.63, 3.8) is 0 Å². The molecular formula is C25H34F5N5O3S. The highest BCUT2D eigenvalue weighted by molar-refractivity contribution is 7.81. The van der Waals surface area contributed by atoms with E-state index in [2.05, 4.69) is 15.3 Å². The van der Waals surface area contributed by atoms with E-state index in [1.165, 1.54) is 25.7 Å². The summed E-state index contributed by atoms with van der Waals surface area (Å²) in [4.78, 5) is 35.4. The summed E-state index contributed by atoms with van der Waals surface area (Å²) in [5.41, 5.74) is -2.45. The Morgan fingerprint density at radius 1 is 1.28 bits per heavy atom. The summed E-state index contributed by atoms with van der Waals surface area (Å²) in [6.07, 6.45) is -4.60. The van der Waals surface area contributed by atoms with Gasteiger partial charge in [-0.3, -0.25) is 14.6 Å². The Hall–Kier alpha value is -2.74. The number of nitrogens with zero attached hydrogens (tertiary/aromatic N) is 3. The molecule has 1 saturated heterocycles. The Kier molecular flexibility index (Phi) is 10.9. The van der Waals surface area contributed by atoms with E-state index in [9.17, 15) is 36.6 Å². The van der Waals surface area contributed by atoms with E-state index in [1.54, 1.807) is 0 Å². The number of pyridine rings is 1. The highest BCUT2D eigenvalue weighted by Gasteiger charge is 2.37. The number of halogens is 5. The van der Waals surface area contributed by atoms with Gasteiger partial charge in [0.1, 0.15) is 11.9 Å². The van der Waals surface area contributed by atoms with Crippen LogP contribution in [0.3, 0.4) is 0 Å². The van der Waals surface area contributed by atoms with Crippen molar-refractivity contribution in [1.29, 1.82) is 0 Å². The molecule has 8 nitrogen and oxygen atoms in total. The van der Waals surface area contributed by atoms with Crippen molar-refractivity contribution in [2.24, 2.45) is 4.99 Å². The Morgan fingerprint density at radius 3 is 2.46 bits per heavy atom. The number of rotatable bonds is 10. The van der Waals surface area contributed by atoms with Crippen molar-refractivity contribution < 1.29 is 36.6 Å². The summed E-state index contributed by atoms with van der Waals surface area (Å²) in [5, 5.41) is 14.4. The second kappa shape index (κ2) is 13.1. The number of thiocarbonyl (C=S) groups is 1. The molecule has 0 bridgehead atoms. The zero-order chi connectivity index (χ0) is 29.7. The van der Waals surface area contributed by atoms with Crippen LogP contribution in [-0.4, -0.2) is 80.4 Å². The van der Waals surface area contributed by atoms with Crippen molar-refractivity contribution in [2.75, 3.05) is 18.4 Å². The lowest BCUT2D eigenvalue weighted by molar-refractivity contribution is -0.138. The molecule has 1 aromatic heterocycles. The molecule has 14 heteroatoms. The first-order chi connectivity index (χ1) is 17.9. The minimum absolute atomic E-state index is 0.116. The molecule has 0 saturated carbocycles. The molecule has 0 radical (unpaired) electrons. The second-order valence-electron chi connectivity index (χ2n) is 10.2. The third-order valence-electron chi connectivity index (χ3n) is 6.19. The number of hydrogen-bond donors (Lipinski definition) is 3. The largest absolute Gasteiger partial charge is 0.408 e. The van der Waals surface area contributed by atoms with Crippen LogP contribution in [0.5, 0.6) is 0 Å². The van der Waals surface area contributed by atoms with Crippen molar-refractivity contribution in [2.45, 2.75) is 90.2 Å². The minimum atomic E-state index is -4.64. The van der Waals surface area contributed by atoms with Gasteiger partial charge < -0.3 is 20.6 Å². The van der Waals surface area contributed by atoms with Gasteiger partial charge in [0.15, 0.2) is 6.04 Å². The standard InChI is InChI=1S/C25H34F5N5O3S/c1-13-8-6-7-9-35(13)23(37)19(33-14(2)22(36)32-12-24(4,5)38)20(39)17-11-31-18(10-16(17)21(26)27)34-15(3)25(28,29)30/h10-11,13,15,19,21,38H,6-9,12H2,1-5H3,(H,31,34)(H,32,36)/t13-,15-,19?/m0/s1. The number of anilines is 1. The molecule has 0 spiro atoms. The van der Waals surface area contributed by atoms with Gasteiger partial charge in [0.25, 0.3) is 18.2 Å². The van der Waals surface area contributed by atoms with Gasteiger partial charge in [-0.1, -0.05) is 12.2 Å². The van der Waals surface area contributed by atoms with Crippen LogP contribution >= 0.6 is 12.2 Å². The van der Waals surface area contributed by atoms with Gasteiger partial charge in [-0.25, -0.2) is 13.8 Å². The fraction of sp³-hybridized carbons (Fsp3) is 0.640. The summed E-state index contributed by atoms with van der Waals surface area (Å²) < 4.78 is 67.0. The molecule has 3 atom stereocenters. The number of aliphatic hydroxyl groups is 1. The molecule has 1 fully saturated rings. The molecule has 1 aromatic rings. The van der Waals surface area contributed by atoms with Crippen LogP contribution in [0.4, 0.5) is 27.8 Å². The topological polar surface area (TPSA) is 107 Å². The van der Waals surface area contributed by atoms with Crippen molar-refractivity contribution in [3.05, 3.63) is 23.4 Å². The predicted molar refractivity (Wildman–Crippen MR) is 141 cm³/mol. The third kappa shape index (κ3) is 9.16. The number of amides is 2. The number of nitrogens with one attached hydrogen (secondary N) is 2. The van der Waals surface area contributed by atoms with Crippen LogP contribution in [0.25, 0.3) is 0 Å². The van der Waals surface area contributed by atoms with Crippen molar-refractivity contribution in [3.8, 4) is 0 Å². The maximum Gasteiger partial charge on any atom is 0.408 e. The van der Waals surface area contributed by atoms with Gasteiger partial charge in [0, 0.05) is 36.5 Å². The Morgan fingerprint density at radius 2 is 1.92 bits per heavy atom. The lowest BCUT2D eigenvalue weighted by atomic mass is 9.98. The zero-order valence-corrected chi connectivity index (χ0v) is 23.2. The first kappa shape index (κ1) is 32.5. The average molecular weight is 580 g/mol. The van der Waals surface area contributed by atoms with Crippen molar-refractivity contribution in [1.82, 2.24) is 15.2 Å². The summed E-state index contributed by atoms with van der Waals surface area (Å²) in [5.74, 6) is -1.73. The molecule has 2 rings (SSSR count). The van der Waals surface area contributed by atoms with E-state index >= 15 is 0 Å². The zero-order valence-electron chi connectivity index (χ0n) is 22.4. The highest BCUT2D eigenvalue weighted by atomic mass is 32.1. The lowest BCUT2D eigenvalue weighted by Crippen LogP contribution is -2.49. The van der Waals surface area contributed by atoms with Crippen LogP contribution in [0.1, 0.15) is 71.4 Å². The molecular weight excluding hydrogens is 545 g/mol. The van der Waals surface area contributed by atoms with E-state index < -0.39 is 53.5 Å². The molecule has 0 aromatic carbocycles. The van der Waals surface area contributed by atoms with E-state index in [-0.39, 0.29) is 28.7 Å². The highest BCUT2D eigenvalue weighted by Crippen LogP contribution is 2.30. The molecule has 1 unspecified atom stereocenters. The molecule has 2 heterocycles. The molecule has 1 aliphatic heterocycles. The van der Waals surface area contributed by atoms with Gasteiger partial charge in [-0.15, -0.1) is 0 Å². The average Bonchev–Trinajstić information content (AvgIpc) is 2.84. The lowest BCUT2D eigenvalue weighted by Gasteiger charge is -2.35. The number of carbonyl (C=O) groups excluding carboxylic acids is 2. The quantitative estimate of drug-likeness (QED) is 0.166. The van der Waals surface area contributed by atoms with Crippen LogP contribution in [0, 0.1) is 0 Å². The van der Waals surface area contributed by atoms with Crippen LogP contribution in [0.2, 0.25) is 0 Å². The fourth-order valence-corrected chi connectivity index (χ4v) is 4.20. The van der Waals surface area contributed by atoms with Gasteiger partial charge >= 0.3 is 6.18 Å². The number of carbonyl (C=O) groups is 2. The Balaban J connectivity index is 2.50. The molecule has 218 valence electrons. The summed E-state index contributed by atoms with van der Waals surface area (Å²) in [6, 6.07) is -3.02. The molecule has 2 amide bonds. The van der Waals surface area contributed by atoms with Gasteiger partial charge in [-0.2, -0.15) is 13.2 Å². The van der Waals surface area contributed by atoms with E-state index in [0.29, 0.717) is 19.4 Å². The maximum atomic E-state index is 14.1. The first-order valence-electron chi connectivity index (χ1n) is 12.4. The van der Waals surface area contributed by atoms with E-state index in [1.807, 2.05) is 12.2 Å². The van der Waals surface area contributed by atoms with Gasteiger partial charge in [0.2, 0.25) is 0 Å². The Bertz CT molecular complexity index is 1090. The number of aliphatic imine (C=N–C) groups is 1. The van der Waals surface area contributed by atoms with Gasteiger partial charge in [0.05, 0.1) is 16.2 Å². The SMILES string of the molecule is CC(=NC(C(=O)N1CCCC[C@@H]1C)C(=S)c1cnc(N[C@@H](C)C(F)(F)F)cc1C(F)F)C(=O)NCC(C)(C)O. The fourth-order valence-electron chi connectivity index (χ4n) is 3.87. The molecule has 0 aliphatic carbocycles. The second-order valence-corrected chi connectivity index (χ2v) is 10.7. The summed E-state index contributed by atoms with van der Waals surface area (Å²) in [7, 11) is 0. The first-order valence-corrected chi connectivity index (χ1v) is 12.8. The monoisotopic (exact) mass is 579 g/mol. The number of likely N-dealkylation sites (tertiary alicyclic amines) is 1.